The molecule has 0 atom stereocenters. The van der Waals surface area contributed by atoms with Gasteiger partial charge in [0, 0.05) is 26.5 Å². The molecule has 120 valence electrons. The number of amides is 1. The third-order valence-electron chi connectivity index (χ3n) is 2.58. The number of methoxy groups -OCH3 is 1. The van der Waals surface area contributed by atoms with Crippen LogP contribution >= 0.6 is 0 Å². The summed E-state index contributed by atoms with van der Waals surface area (Å²) < 4.78 is 53.1. The Morgan fingerprint density at radius 3 is 2.71 bits per heavy atom. The predicted octanol–water partition coefficient (Wildman–Crippen LogP) is 0.167. The standard InChI is InChI=1S/C11H17F2N3O4S/c1-20-4-2-3-15-11(17)9-5-8(21(14,18)19)6-16(9)7-10(12)13/h5-6,10H,2-4,7H2,1H3,(H,15,17)(H2,14,18,19). The van der Waals surface area contributed by atoms with Crippen molar-refractivity contribution in [1.29, 1.82) is 0 Å². The maximum absolute atomic E-state index is 12.5. The lowest BCUT2D eigenvalue weighted by atomic mass is 10.3. The maximum atomic E-state index is 12.5. The second-order valence-electron chi connectivity index (χ2n) is 4.25. The lowest BCUT2D eigenvalue weighted by Gasteiger charge is -2.08. The number of rotatable bonds is 8. The van der Waals surface area contributed by atoms with E-state index in [1.165, 1.54) is 7.11 Å². The summed E-state index contributed by atoms with van der Waals surface area (Å²) in [7, 11) is -2.56. The van der Waals surface area contributed by atoms with Crippen LogP contribution in [0.5, 0.6) is 0 Å². The van der Waals surface area contributed by atoms with E-state index in [2.05, 4.69) is 5.32 Å². The molecule has 21 heavy (non-hydrogen) atoms. The molecule has 1 rings (SSSR count). The Balaban J connectivity index is 2.92. The highest BCUT2D eigenvalue weighted by Gasteiger charge is 2.20. The molecule has 1 aromatic rings. The number of aromatic nitrogens is 1. The van der Waals surface area contributed by atoms with Crippen LogP contribution in [-0.2, 0) is 21.3 Å². The van der Waals surface area contributed by atoms with Crippen molar-refractivity contribution in [1.82, 2.24) is 9.88 Å². The molecule has 1 amide bonds. The monoisotopic (exact) mass is 325 g/mol. The summed E-state index contributed by atoms with van der Waals surface area (Å²) in [5, 5.41) is 7.42. The van der Waals surface area contributed by atoms with Gasteiger partial charge in [0.15, 0.2) is 0 Å². The Morgan fingerprint density at radius 1 is 1.52 bits per heavy atom. The smallest absolute Gasteiger partial charge is 0.267 e. The number of hydrogen-bond donors (Lipinski definition) is 2. The summed E-state index contributed by atoms with van der Waals surface area (Å²) in [6.45, 7) is -0.0889. The number of nitrogens with two attached hydrogens (primary N) is 1. The highest BCUT2D eigenvalue weighted by Crippen LogP contribution is 2.15. The van der Waals surface area contributed by atoms with Crippen molar-refractivity contribution in [2.75, 3.05) is 20.3 Å². The molecule has 0 aromatic carbocycles. The molecule has 3 N–H and O–H groups in total. The van der Waals surface area contributed by atoms with Gasteiger partial charge in [-0.2, -0.15) is 0 Å². The molecule has 0 bridgehead atoms. The van der Waals surface area contributed by atoms with E-state index in [0.717, 1.165) is 16.8 Å². The van der Waals surface area contributed by atoms with Crippen LogP contribution in [0.2, 0.25) is 0 Å². The van der Waals surface area contributed by atoms with Gasteiger partial charge >= 0.3 is 0 Å². The highest BCUT2D eigenvalue weighted by molar-refractivity contribution is 7.89. The van der Waals surface area contributed by atoms with Crippen LogP contribution < -0.4 is 10.5 Å². The van der Waals surface area contributed by atoms with Crippen molar-refractivity contribution in [3.63, 3.8) is 0 Å². The normalized spacial score (nSPS) is 11.9. The molecule has 1 heterocycles. The first-order valence-corrected chi connectivity index (χ1v) is 7.58. The molecule has 0 aliphatic carbocycles. The predicted molar refractivity (Wildman–Crippen MR) is 70.6 cm³/mol. The Morgan fingerprint density at radius 2 is 2.19 bits per heavy atom. The Labute approximate surface area is 121 Å². The van der Waals surface area contributed by atoms with Crippen LogP contribution in [0.1, 0.15) is 16.9 Å². The summed E-state index contributed by atoms with van der Waals surface area (Å²) in [6, 6.07) is 0.976. The minimum absolute atomic E-state index is 0.184. The maximum Gasteiger partial charge on any atom is 0.267 e. The molecule has 1 aromatic heterocycles. The molecule has 0 radical (unpaired) electrons. The topological polar surface area (TPSA) is 103 Å². The van der Waals surface area contributed by atoms with Crippen molar-refractivity contribution in [2.45, 2.75) is 24.3 Å². The number of hydrogen-bond acceptors (Lipinski definition) is 4. The van der Waals surface area contributed by atoms with Gasteiger partial charge in [-0.15, -0.1) is 0 Å². The Hall–Kier alpha value is -1.52. The van der Waals surface area contributed by atoms with Gasteiger partial charge in [0.2, 0.25) is 10.0 Å². The molecule has 0 aliphatic heterocycles. The van der Waals surface area contributed by atoms with E-state index in [1.54, 1.807) is 0 Å². The van der Waals surface area contributed by atoms with Gasteiger partial charge in [-0.3, -0.25) is 4.79 Å². The molecule has 0 saturated heterocycles. The van der Waals surface area contributed by atoms with Crippen molar-refractivity contribution < 1.29 is 26.7 Å². The van der Waals surface area contributed by atoms with Gasteiger partial charge in [0.1, 0.15) is 10.6 Å². The fourth-order valence-electron chi connectivity index (χ4n) is 1.64. The van der Waals surface area contributed by atoms with Crippen molar-refractivity contribution in [3.05, 3.63) is 18.0 Å². The zero-order valence-corrected chi connectivity index (χ0v) is 12.2. The van der Waals surface area contributed by atoms with Crippen LogP contribution in [0, 0.1) is 0 Å². The van der Waals surface area contributed by atoms with Crippen LogP contribution in [0.15, 0.2) is 17.2 Å². The first kappa shape index (κ1) is 17.5. The molecule has 0 saturated carbocycles. The molecule has 0 unspecified atom stereocenters. The number of nitrogens with one attached hydrogen (secondary N) is 1. The van der Waals surface area contributed by atoms with Crippen LogP contribution in [0.3, 0.4) is 0 Å². The minimum atomic E-state index is -4.07. The van der Waals surface area contributed by atoms with Crippen molar-refractivity contribution in [3.8, 4) is 0 Å². The summed E-state index contributed by atoms with van der Waals surface area (Å²) in [6.07, 6.45) is -1.27. The van der Waals surface area contributed by atoms with E-state index in [9.17, 15) is 22.0 Å². The summed E-state index contributed by atoms with van der Waals surface area (Å²) in [4.78, 5) is 11.5. The number of ether oxygens (including phenoxy) is 1. The number of nitrogens with zero attached hydrogens (tertiary/aromatic N) is 1. The lowest BCUT2D eigenvalue weighted by molar-refractivity contribution is 0.0926. The first-order chi connectivity index (χ1) is 9.75. The van der Waals surface area contributed by atoms with Gasteiger partial charge in [-0.05, 0) is 12.5 Å². The molecule has 0 spiro atoms. The summed E-state index contributed by atoms with van der Waals surface area (Å²) in [5.41, 5.74) is -0.184. The van der Waals surface area contributed by atoms with Crippen molar-refractivity contribution in [2.24, 2.45) is 5.14 Å². The fourth-order valence-corrected chi connectivity index (χ4v) is 2.19. The quantitative estimate of drug-likeness (QED) is 0.665. The summed E-state index contributed by atoms with van der Waals surface area (Å²) in [5.74, 6) is -0.651. The molecule has 0 aliphatic rings. The van der Waals surface area contributed by atoms with E-state index in [4.69, 9.17) is 9.88 Å². The number of carbonyl (C=O) groups excluding carboxylic acids is 1. The average molecular weight is 325 g/mol. The van der Waals surface area contributed by atoms with Gasteiger partial charge in [-0.1, -0.05) is 0 Å². The van der Waals surface area contributed by atoms with Gasteiger partial charge in [0.05, 0.1) is 6.54 Å². The lowest BCUT2D eigenvalue weighted by Crippen LogP contribution is -2.28. The zero-order valence-electron chi connectivity index (χ0n) is 11.4. The van der Waals surface area contributed by atoms with Gasteiger partial charge < -0.3 is 14.6 Å². The molecular formula is C11H17F2N3O4S. The molecular weight excluding hydrogens is 308 g/mol. The summed E-state index contributed by atoms with van der Waals surface area (Å²) >= 11 is 0. The Bertz CT molecular complexity index is 586. The Kier molecular flexibility index (Phi) is 6.24. The molecule has 0 fully saturated rings. The first-order valence-electron chi connectivity index (χ1n) is 6.04. The third-order valence-corrected chi connectivity index (χ3v) is 3.46. The average Bonchev–Trinajstić information content (AvgIpc) is 2.77. The van der Waals surface area contributed by atoms with Crippen LogP contribution in [0.25, 0.3) is 0 Å². The van der Waals surface area contributed by atoms with E-state index in [-0.39, 0.29) is 17.1 Å². The second-order valence-corrected chi connectivity index (χ2v) is 5.81. The molecule has 10 heteroatoms. The van der Waals surface area contributed by atoms with Crippen LogP contribution in [0.4, 0.5) is 8.78 Å². The highest BCUT2D eigenvalue weighted by atomic mass is 32.2. The number of carbonyl (C=O) groups is 1. The van der Waals surface area contributed by atoms with Gasteiger partial charge in [0.25, 0.3) is 12.3 Å². The minimum Gasteiger partial charge on any atom is -0.385 e. The van der Waals surface area contributed by atoms with Gasteiger partial charge in [-0.25, -0.2) is 22.3 Å². The van der Waals surface area contributed by atoms with E-state index in [1.807, 2.05) is 0 Å². The van der Waals surface area contributed by atoms with E-state index in [0.29, 0.717) is 13.0 Å². The third kappa shape index (κ3) is 5.40. The number of sulfonamides is 1. The number of primary sulfonamides is 1. The largest absolute Gasteiger partial charge is 0.385 e. The SMILES string of the molecule is COCCCNC(=O)c1cc(S(N)(=O)=O)cn1CC(F)F. The zero-order chi connectivity index (χ0) is 16.0. The van der Waals surface area contributed by atoms with E-state index >= 15 is 0 Å². The van der Waals surface area contributed by atoms with Crippen LogP contribution in [-0.4, -0.2) is 45.6 Å². The fraction of sp³-hybridized carbons (Fsp3) is 0.545. The second kappa shape index (κ2) is 7.48. The van der Waals surface area contributed by atoms with E-state index < -0.39 is 28.9 Å². The number of halogens is 2. The van der Waals surface area contributed by atoms with Crippen molar-refractivity contribution >= 4 is 15.9 Å². The number of alkyl halides is 2. The molecule has 7 nitrogen and oxygen atoms in total.